The first-order valence-electron chi connectivity index (χ1n) is 8.46. The Balaban J connectivity index is 2.30. The topological polar surface area (TPSA) is 52.9 Å². The van der Waals surface area contributed by atoms with Gasteiger partial charge in [-0.15, -0.1) is 11.3 Å². The lowest BCUT2D eigenvalue weighted by atomic mass is 9.69. The fourth-order valence-electron chi connectivity index (χ4n) is 3.04. The Morgan fingerprint density at radius 3 is 2.52 bits per heavy atom. The molecule has 1 heterocycles. The zero-order chi connectivity index (χ0) is 17.4. The van der Waals surface area contributed by atoms with Crippen molar-refractivity contribution < 1.29 is 4.79 Å². The molecule has 0 aromatic carbocycles. The zero-order valence-electron chi connectivity index (χ0n) is 15.2. The predicted octanol–water partition coefficient (Wildman–Crippen LogP) is 5.15. The number of anilines is 1. The van der Waals surface area contributed by atoms with E-state index in [1.165, 1.54) is 10.4 Å². The highest BCUT2D eigenvalue weighted by Gasteiger charge is 2.34. The van der Waals surface area contributed by atoms with E-state index in [2.05, 4.69) is 32.2 Å². The van der Waals surface area contributed by atoms with Crippen molar-refractivity contribution >= 4 is 22.2 Å². The van der Waals surface area contributed by atoms with E-state index in [1.54, 1.807) is 11.3 Å². The second-order valence-electron chi connectivity index (χ2n) is 8.31. The third-order valence-electron chi connectivity index (χ3n) is 5.30. The zero-order valence-corrected chi connectivity index (χ0v) is 16.0. The molecular weight excluding hydrogens is 304 g/mol. The van der Waals surface area contributed by atoms with Crippen LogP contribution < -0.4 is 5.32 Å². The number of thiophene rings is 1. The quantitative estimate of drug-likeness (QED) is 0.832. The highest BCUT2D eigenvalue weighted by molar-refractivity contribution is 7.16. The predicted molar refractivity (Wildman–Crippen MR) is 96.7 cm³/mol. The van der Waals surface area contributed by atoms with Gasteiger partial charge in [-0.25, -0.2) is 0 Å². The van der Waals surface area contributed by atoms with Gasteiger partial charge in [-0.1, -0.05) is 48.0 Å². The summed E-state index contributed by atoms with van der Waals surface area (Å²) in [5.74, 6) is 0.620. The van der Waals surface area contributed by atoms with E-state index in [-0.39, 0.29) is 5.91 Å². The maximum Gasteiger partial charge on any atom is 0.230 e. The number of carbonyl (C=O) groups excluding carboxylic acids is 1. The fraction of sp³-hybridized carbons (Fsp3) is 0.684. The van der Waals surface area contributed by atoms with Gasteiger partial charge in [0.25, 0.3) is 0 Å². The first-order chi connectivity index (χ1) is 10.6. The van der Waals surface area contributed by atoms with Crippen molar-refractivity contribution in [1.82, 2.24) is 0 Å². The van der Waals surface area contributed by atoms with Crippen LogP contribution in [0.2, 0.25) is 0 Å². The molecule has 0 aliphatic heterocycles. The lowest BCUT2D eigenvalue weighted by molar-refractivity contribution is -0.123. The molecule has 1 aliphatic rings. The van der Waals surface area contributed by atoms with Crippen molar-refractivity contribution in [3.05, 3.63) is 16.0 Å². The van der Waals surface area contributed by atoms with Crippen LogP contribution in [0.15, 0.2) is 0 Å². The van der Waals surface area contributed by atoms with Gasteiger partial charge in [0.1, 0.15) is 11.1 Å². The van der Waals surface area contributed by atoms with E-state index in [0.717, 1.165) is 30.7 Å². The fourth-order valence-corrected chi connectivity index (χ4v) is 4.31. The molecule has 1 N–H and O–H groups in total. The van der Waals surface area contributed by atoms with Gasteiger partial charge in [0.15, 0.2) is 0 Å². The van der Waals surface area contributed by atoms with Crippen molar-refractivity contribution in [3.63, 3.8) is 0 Å². The first-order valence-corrected chi connectivity index (χ1v) is 9.28. The summed E-state index contributed by atoms with van der Waals surface area (Å²) in [6.45, 7) is 12.6. The second kappa shape index (κ2) is 6.28. The Kier molecular flexibility index (Phi) is 4.92. The molecule has 0 radical (unpaired) electrons. The molecule has 0 saturated carbocycles. The van der Waals surface area contributed by atoms with Gasteiger partial charge < -0.3 is 5.32 Å². The minimum atomic E-state index is -0.454. The van der Waals surface area contributed by atoms with E-state index >= 15 is 0 Å². The number of rotatable bonds is 3. The van der Waals surface area contributed by atoms with Crippen molar-refractivity contribution in [3.8, 4) is 6.07 Å². The Morgan fingerprint density at radius 2 is 2.00 bits per heavy atom. The Labute approximate surface area is 144 Å². The van der Waals surface area contributed by atoms with Gasteiger partial charge in [0.05, 0.1) is 5.56 Å². The molecule has 1 atom stereocenters. The number of nitriles is 1. The van der Waals surface area contributed by atoms with Crippen LogP contribution in [-0.2, 0) is 17.6 Å². The van der Waals surface area contributed by atoms with E-state index in [9.17, 15) is 10.1 Å². The van der Waals surface area contributed by atoms with Crippen molar-refractivity contribution in [2.24, 2.45) is 16.7 Å². The highest BCUT2D eigenvalue weighted by Crippen LogP contribution is 2.45. The Hall–Kier alpha value is -1.34. The third-order valence-corrected chi connectivity index (χ3v) is 6.47. The number of hydrogen-bond donors (Lipinski definition) is 1. The van der Waals surface area contributed by atoms with Crippen LogP contribution in [0.3, 0.4) is 0 Å². The van der Waals surface area contributed by atoms with Crippen molar-refractivity contribution in [1.29, 1.82) is 5.26 Å². The summed E-state index contributed by atoms with van der Waals surface area (Å²) in [6, 6.07) is 2.32. The number of amides is 1. The molecule has 2 rings (SSSR count). The van der Waals surface area contributed by atoms with Gasteiger partial charge in [0.2, 0.25) is 5.91 Å². The Bertz CT molecular complexity index is 644. The average Bonchev–Trinajstić information content (AvgIpc) is 2.82. The van der Waals surface area contributed by atoms with Gasteiger partial charge in [-0.2, -0.15) is 5.26 Å². The van der Waals surface area contributed by atoms with Crippen molar-refractivity contribution in [2.45, 2.75) is 67.2 Å². The molecule has 23 heavy (non-hydrogen) atoms. The van der Waals surface area contributed by atoms with Gasteiger partial charge >= 0.3 is 0 Å². The number of nitrogens with zero attached hydrogens (tertiary/aromatic N) is 1. The van der Waals surface area contributed by atoms with E-state index in [0.29, 0.717) is 16.9 Å². The molecule has 0 spiro atoms. The molecule has 126 valence electrons. The minimum Gasteiger partial charge on any atom is -0.316 e. The number of nitrogens with one attached hydrogen (secondary N) is 1. The van der Waals surface area contributed by atoms with Gasteiger partial charge in [-0.3, -0.25) is 4.79 Å². The van der Waals surface area contributed by atoms with Crippen LogP contribution in [0.25, 0.3) is 0 Å². The lowest BCUT2D eigenvalue weighted by Gasteiger charge is -2.36. The first kappa shape index (κ1) is 18.0. The molecule has 1 aromatic heterocycles. The summed E-state index contributed by atoms with van der Waals surface area (Å²) in [5, 5.41) is 13.3. The average molecular weight is 333 g/mol. The number of hydrogen-bond acceptors (Lipinski definition) is 3. The largest absolute Gasteiger partial charge is 0.316 e. The van der Waals surface area contributed by atoms with Gasteiger partial charge in [-0.05, 0) is 36.2 Å². The summed E-state index contributed by atoms with van der Waals surface area (Å²) in [6.07, 6.45) is 4.28. The summed E-state index contributed by atoms with van der Waals surface area (Å²) < 4.78 is 0. The molecule has 0 fully saturated rings. The minimum absolute atomic E-state index is 0.0296. The van der Waals surface area contributed by atoms with Crippen LogP contribution in [0.5, 0.6) is 0 Å². The molecule has 3 nitrogen and oxygen atoms in total. The SMILES string of the molecule is CCC(C)(C)C1CCc2c(sc(NC(=O)C(C)(C)C)c2C#N)C1. The molecule has 1 unspecified atom stereocenters. The molecule has 4 heteroatoms. The summed E-state index contributed by atoms with van der Waals surface area (Å²) >= 11 is 1.61. The molecule has 1 aliphatic carbocycles. The highest BCUT2D eigenvalue weighted by atomic mass is 32.1. The third kappa shape index (κ3) is 3.61. The summed E-state index contributed by atoms with van der Waals surface area (Å²) in [4.78, 5) is 13.6. The second-order valence-corrected chi connectivity index (χ2v) is 9.41. The van der Waals surface area contributed by atoms with Crippen molar-refractivity contribution in [2.75, 3.05) is 5.32 Å². The number of carbonyl (C=O) groups is 1. The monoisotopic (exact) mass is 332 g/mol. The molecule has 0 bridgehead atoms. The lowest BCUT2D eigenvalue weighted by Crippen LogP contribution is -2.28. The van der Waals surface area contributed by atoms with Crippen LogP contribution in [-0.4, -0.2) is 5.91 Å². The maximum absolute atomic E-state index is 12.3. The summed E-state index contributed by atoms with van der Waals surface area (Å²) in [7, 11) is 0. The van der Waals surface area contributed by atoms with Crippen LogP contribution >= 0.6 is 11.3 Å². The van der Waals surface area contributed by atoms with Crippen LogP contribution in [0, 0.1) is 28.1 Å². The smallest absolute Gasteiger partial charge is 0.230 e. The van der Waals surface area contributed by atoms with E-state index in [4.69, 9.17) is 0 Å². The van der Waals surface area contributed by atoms with Gasteiger partial charge in [0, 0.05) is 10.3 Å². The number of fused-ring (bicyclic) bond motifs is 1. The Morgan fingerprint density at radius 1 is 1.35 bits per heavy atom. The molecule has 1 aromatic rings. The molecular formula is C19H28N2OS. The van der Waals surface area contributed by atoms with Crippen LogP contribution in [0.1, 0.15) is 70.4 Å². The van der Waals surface area contributed by atoms with E-state index in [1.807, 2.05) is 20.8 Å². The summed E-state index contributed by atoms with van der Waals surface area (Å²) in [5.41, 5.74) is 1.73. The van der Waals surface area contributed by atoms with E-state index < -0.39 is 5.41 Å². The standard InChI is InChI=1S/C19H28N2OS/c1-7-19(5,6)12-8-9-13-14(11-20)16(23-15(13)10-12)21-17(22)18(2,3)4/h12H,7-10H2,1-6H3,(H,21,22). The molecule has 1 amide bonds. The maximum atomic E-state index is 12.3. The molecule has 0 saturated heterocycles. The normalized spacial score (nSPS) is 18.2. The van der Waals surface area contributed by atoms with Crippen LogP contribution in [0.4, 0.5) is 5.00 Å².